The minimum Gasteiger partial charge on any atom is -0.497 e. The summed E-state index contributed by atoms with van der Waals surface area (Å²) in [6.07, 6.45) is 0.640. The maximum atomic E-state index is 12.6. The van der Waals surface area contributed by atoms with Gasteiger partial charge in [-0.2, -0.15) is 4.31 Å². The summed E-state index contributed by atoms with van der Waals surface area (Å²) in [5.74, 6) is 0.280. The van der Waals surface area contributed by atoms with Crippen molar-refractivity contribution in [3.63, 3.8) is 0 Å². The summed E-state index contributed by atoms with van der Waals surface area (Å²) in [6.45, 7) is 0.800. The monoisotopic (exact) mass is 408 g/mol. The van der Waals surface area contributed by atoms with Crippen LogP contribution >= 0.6 is 11.6 Å². The van der Waals surface area contributed by atoms with Crippen LogP contribution in [0.2, 0.25) is 5.02 Å². The Kier molecular flexibility index (Phi) is 6.04. The van der Waals surface area contributed by atoms with Gasteiger partial charge in [0.15, 0.2) is 0 Å². The molecule has 0 atom stereocenters. The van der Waals surface area contributed by atoms with E-state index >= 15 is 0 Å². The van der Waals surface area contributed by atoms with Gasteiger partial charge in [-0.15, -0.1) is 0 Å². The molecule has 1 amide bonds. The van der Waals surface area contributed by atoms with Crippen LogP contribution in [0.1, 0.15) is 21.5 Å². The van der Waals surface area contributed by atoms with E-state index in [4.69, 9.17) is 16.3 Å². The molecule has 0 radical (unpaired) electrons. The van der Waals surface area contributed by atoms with E-state index in [1.54, 1.807) is 31.4 Å². The minimum absolute atomic E-state index is 0.0413. The standard InChI is InChI=1S/C19H21ClN2O4S/c1-26-18-6-5-16-13-22(9-7-14(16)12-18)27(24,25)10-8-21-19(23)15-3-2-4-17(20)11-15/h2-6,11-12H,7-10,13H2,1H3,(H,21,23). The van der Waals surface area contributed by atoms with Crippen LogP contribution in [0.25, 0.3) is 0 Å². The molecule has 27 heavy (non-hydrogen) atoms. The van der Waals surface area contributed by atoms with Crippen molar-refractivity contribution in [2.45, 2.75) is 13.0 Å². The molecule has 0 spiro atoms. The second kappa shape index (κ2) is 8.29. The number of fused-ring (bicyclic) bond motifs is 1. The van der Waals surface area contributed by atoms with Gasteiger partial charge in [0.1, 0.15) is 5.75 Å². The van der Waals surface area contributed by atoms with Crippen LogP contribution < -0.4 is 10.1 Å². The molecule has 0 bridgehead atoms. The summed E-state index contributed by atoms with van der Waals surface area (Å²) >= 11 is 5.87. The summed E-state index contributed by atoms with van der Waals surface area (Å²) in [5, 5.41) is 3.09. The molecular formula is C19H21ClN2O4S. The molecule has 8 heteroatoms. The molecule has 3 rings (SSSR count). The number of benzene rings is 2. The number of ether oxygens (including phenoxy) is 1. The molecule has 0 saturated heterocycles. The topological polar surface area (TPSA) is 75.7 Å². The van der Waals surface area contributed by atoms with E-state index in [9.17, 15) is 13.2 Å². The van der Waals surface area contributed by atoms with Crippen LogP contribution in [0.3, 0.4) is 0 Å². The predicted molar refractivity (Wildman–Crippen MR) is 105 cm³/mol. The normalized spacial score (nSPS) is 14.4. The van der Waals surface area contributed by atoms with Gasteiger partial charge in [0.05, 0.1) is 12.9 Å². The van der Waals surface area contributed by atoms with Gasteiger partial charge in [0.2, 0.25) is 10.0 Å². The number of hydrogen-bond donors (Lipinski definition) is 1. The summed E-state index contributed by atoms with van der Waals surface area (Å²) < 4.78 is 31.9. The molecule has 1 heterocycles. The Bertz CT molecular complexity index is 946. The third kappa shape index (κ3) is 4.80. The van der Waals surface area contributed by atoms with E-state index in [1.165, 1.54) is 4.31 Å². The van der Waals surface area contributed by atoms with Crippen LogP contribution in [-0.2, 0) is 23.0 Å². The molecule has 0 aliphatic carbocycles. The average Bonchev–Trinajstić information content (AvgIpc) is 2.66. The van der Waals surface area contributed by atoms with Gasteiger partial charge in [-0.3, -0.25) is 4.79 Å². The first kappa shape index (κ1) is 19.7. The zero-order chi connectivity index (χ0) is 19.4. The molecule has 144 valence electrons. The van der Waals surface area contributed by atoms with Crippen molar-refractivity contribution in [1.29, 1.82) is 0 Å². The van der Waals surface area contributed by atoms with Gasteiger partial charge in [-0.25, -0.2) is 8.42 Å². The number of nitrogens with zero attached hydrogens (tertiary/aromatic N) is 1. The first-order valence-corrected chi connectivity index (χ1v) is 10.5. The van der Waals surface area contributed by atoms with Crippen LogP contribution in [0.4, 0.5) is 0 Å². The number of hydrogen-bond acceptors (Lipinski definition) is 4. The predicted octanol–water partition coefficient (Wildman–Crippen LogP) is 2.47. The molecule has 6 nitrogen and oxygen atoms in total. The molecular weight excluding hydrogens is 388 g/mol. The maximum absolute atomic E-state index is 12.6. The van der Waals surface area contributed by atoms with Crippen LogP contribution in [0.5, 0.6) is 5.75 Å². The Labute approximate surface area is 164 Å². The van der Waals surface area contributed by atoms with Gasteiger partial charge < -0.3 is 10.1 Å². The molecule has 0 aromatic heterocycles. The number of halogens is 1. The van der Waals surface area contributed by atoms with Crippen molar-refractivity contribution in [3.8, 4) is 5.75 Å². The highest BCUT2D eigenvalue weighted by Crippen LogP contribution is 2.25. The molecule has 1 N–H and O–H groups in total. The van der Waals surface area contributed by atoms with E-state index in [0.29, 0.717) is 30.1 Å². The Balaban J connectivity index is 1.58. The summed E-state index contributed by atoms with van der Waals surface area (Å²) in [4.78, 5) is 12.1. The van der Waals surface area contributed by atoms with E-state index in [0.717, 1.165) is 16.9 Å². The van der Waals surface area contributed by atoms with Gasteiger partial charge in [-0.05, 0) is 47.9 Å². The minimum atomic E-state index is -3.47. The molecule has 2 aromatic carbocycles. The van der Waals surface area contributed by atoms with Crippen molar-refractivity contribution >= 4 is 27.5 Å². The van der Waals surface area contributed by atoms with Crippen molar-refractivity contribution in [3.05, 3.63) is 64.2 Å². The smallest absolute Gasteiger partial charge is 0.251 e. The zero-order valence-electron chi connectivity index (χ0n) is 14.9. The van der Waals surface area contributed by atoms with E-state index in [-0.39, 0.29) is 18.2 Å². The van der Waals surface area contributed by atoms with E-state index < -0.39 is 10.0 Å². The molecule has 1 aliphatic heterocycles. The number of carbonyl (C=O) groups excluding carboxylic acids is 1. The number of carbonyl (C=O) groups is 1. The first-order valence-electron chi connectivity index (χ1n) is 8.56. The van der Waals surface area contributed by atoms with Crippen LogP contribution in [-0.4, -0.2) is 44.6 Å². The quantitative estimate of drug-likeness (QED) is 0.796. The van der Waals surface area contributed by atoms with Gasteiger partial charge in [-0.1, -0.05) is 23.7 Å². The zero-order valence-corrected chi connectivity index (χ0v) is 16.5. The van der Waals surface area contributed by atoms with Crippen molar-refractivity contribution in [1.82, 2.24) is 9.62 Å². The lowest BCUT2D eigenvalue weighted by Crippen LogP contribution is -2.40. The van der Waals surface area contributed by atoms with Crippen LogP contribution in [0.15, 0.2) is 42.5 Å². The fourth-order valence-corrected chi connectivity index (χ4v) is 4.54. The highest BCUT2D eigenvalue weighted by Gasteiger charge is 2.26. The Morgan fingerprint density at radius 3 is 2.78 bits per heavy atom. The Hall–Kier alpha value is -2.09. The Morgan fingerprint density at radius 2 is 2.04 bits per heavy atom. The number of methoxy groups -OCH3 is 1. The third-order valence-corrected chi connectivity index (χ3v) is 6.57. The van der Waals surface area contributed by atoms with Crippen LogP contribution in [0, 0.1) is 0 Å². The molecule has 0 fully saturated rings. The Morgan fingerprint density at radius 1 is 1.22 bits per heavy atom. The van der Waals surface area contributed by atoms with Gasteiger partial charge in [0.25, 0.3) is 5.91 Å². The summed E-state index contributed by atoms with van der Waals surface area (Å²) in [5.41, 5.74) is 2.49. The largest absolute Gasteiger partial charge is 0.497 e. The lowest BCUT2D eigenvalue weighted by molar-refractivity contribution is 0.0956. The number of nitrogens with one attached hydrogen (secondary N) is 1. The average molecular weight is 409 g/mol. The summed E-state index contributed by atoms with van der Waals surface area (Å²) in [7, 11) is -1.86. The lowest BCUT2D eigenvalue weighted by Gasteiger charge is -2.28. The maximum Gasteiger partial charge on any atom is 0.251 e. The highest BCUT2D eigenvalue weighted by atomic mass is 35.5. The first-order chi connectivity index (χ1) is 12.9. The number of rotatable bonds is 6. The van der Waals surface area contributed by atoms with Crippen molar-refractivity contribution < 1.29 is 17.9 Å². The van der Waals surface area contributed by atoms with Gasteiger partial charge in [0, 0.05) is 30.2 Å². The fourth-order valence-electron chi connectivity index (χ4n) is 3.02. The summed E-state index contributed by atoms with van der Waals surface area (Å²) in [6, 6.07) is 12.2. The van der Waals surface area contributed by atoms with Crippen molar-refractivity contribution in [2.75, 3.05) is 26.0 Å². The lowest BCUT2D eigenvalue weighted by atomic mass is 10.0. The second-order valence-corrected chi connectivity index (χ2v) is 8.83. The highest BCUT2D eigenvalue weighted by molar-refractivity contribution is 7.89. The van der Waals surface area contributed by atoms with Gasteiger partial charge >= 0.3 is 0 Å². The molecule has 0 unspecified atom stereocenters. The third-order valence-electron chi connectivity index (χ3n) is 4.52. The van der Waals surface area contributed by atoms with E-state index in [1.807, 2.05) is 18.2 Å². The number of sulfonamides is 1. The van der Waals surface area contributed by atoms with E-state index in [2.05, 4.69) is 5.32 Å². The number of amides is 1. The SMILES string of the molecule is COc1ccc2c(c1)CCN(S(=O)(=O)CCNC(=O)c1cccc(Cl)c1)C2. The molecule has 0 saturated carbocycles. The second-order valence-electron chi connectivity index (χ2n) is 6.30. The fraction of sp³-hybridized carbons (Fsp3) is 0.316. The molecule has 1 aliphatic rings. The van der Waals surface area contributed by atoms with Crippen molar-refractivity contribution in [2.24, 2.45) is 0 Å². The molecule has 2 aromatic rings.